The molecule has 4 heteroatoms. The third kappa shape index (κ3) is 3.90. The fourth-order valence-corrected chi connectivity index (χ4v) is 2.95. The Bertz CT molecular complexity index is 958. The average Bonchev–Trinajstić information content (AvgIpc) is 2.56. The third-order valence-corrected chi connectivity index (χ3v) is 4.13. The zero-order valence-corrected chi connectivity index (χ0v) is 15.2. The summed E-state index contributed by atoms with van der Waals surface area (Å²) >= 11 is 0. The SMILES string of the molecule is Cc1cc2c(ccc(=O)n2Cc2cccc(OCC(C)C)c2)c(C)n1. The molecule has 0 spiro atoms. The molecule has 2 heterocycles. The van der Waals surface area contributed by atoms with Gasteiger partial charge in [0.05, 0.1) is 18.7 Å². The van der Waals surface area contributed by atoms with Crippen molar-refractivity contribution in [3.05, 3.63) is 69.8 Å². The molecule has 0 atom stereocenters. The predicted octanol–water partition coefficient (Wildman–Crippen LogP) is 4.10. The minimum Gasteiger partial charge on any atom is -0.493 e. The number of aromatic nitrogens is 2. The van der Waals surface area contributed by atoms with E-state index < -0.39 is 0 Å². The van der Waals surface area contributed by atoms with Gasteiger partial charge >= 0.3 is 0 Å². The quantitative estimate of drug-likeness (QED) is 0.705. The van der Waals surface area contributed by atoms with Gasteiger partial charge in [0.1, 0.15) is 5.75 Å². The topological polar surface area (TPSA) is 44.1 Å². The van der Waals surface area contributed by atoms with Crippen LogP contribution in [0.25, 0.3) is 10.9 Å². The van der Waals surface area contributed by atoms with Gasteiger partial charge in [0, 0.05) is 22.8 Å². The summed E-state index contributed by atoms with van der Waals surface area (Å²) in [5, 5.41) is 1.01. The number of pyridine rings is 2. The molecule has 1 aromatic carbocycles. The highest BCUT2D eigenvalue weighted by Gasteiger charge is 2.08. The molecule has 0 fully saturated rings. The lowest BCUT2D eigenvalue weighted by atomic mass is 10.1. The van der Waals surface area contributed by atoms with E-state index in [9.17, 15) is 4.79 Å². The van der Waals surface area contributed by atoms with Crippen molar-refractivity contribution in [1.29, 1.82) is 0 Å². The van der Waals surface area contributed by atoms with Crippen molar-refractivity contribution in [2.45, 2.75) is 34.2 Å². The van der Waals surface area contributed by atoms with Crippen LogP contribution in [0.5, 0.6) is 5.75 Å². The summed E-state index contributed by atoms with van der Waals surface area (Å²) in [6.07, 6.45) is 0. The lowest BCUT2D eigenvalue weighted by Gasteiger charge is -2.14. The molecule has 130 valence electrons. The number of benzene rings is 1. The zero-order valence-electron chi connectivity index (χ0n) is 15.2. The maximum Gasteiger partial charge on any atom is 0.251 e. The van der Waals surface area contributed by atoms with Gasteiger partial charge in [-0.15, -0.1) is 0 Å². The van der Waals surface area contributed by atoms with Crippen LogP contribution in [-0.4, -0.2) is 16.2 Å². The van der Waals surface area contributed by atoms with Crippen molar-refractivity contribution >= 4 is 10.9 Å². The van der Waals surface area contributed by atoms with Crippen LogP contribution in [0.4, 0.5) is 0 Å². The molecular formula is C21H24N2O2. The van der Waals surface area contributed by atoms with E-state index in [4.69, 9.17) is 4.74 Å². The number of hydrogen-bond donors (Lipinski definition) is 0. The number of ether oxygens (including phenoxy) is 1. The fraction of sp³-hybridized carbons (Fsp3) is 0.333. The van der Waals surface area contributed by atoms with E-state index in [1.807, 2.05) is 50.2 Å². The molecule has 0 N–H and O–H groups in total. The summed E-state index contributed by atoms with van der Waals surface area (Å²) < 4.78 is 7.61. The van der Waals surface area contributed by atoms with Crippen LogP contribution in [0.15, 0.2) is 47.3 Å². The summed E-state index contributed by atoms with van der Waals surface area (Å²) in [5.41, 5.74) is 3.82. The molecule has 0 aliphatic heterocycles. The maximum atomic E-state index is 12.5. The largest absolute Gasteiger partial charge is 0.493 e. The minimum atomic E-state index is -0.00833. The molecule has 0 saturated carbocycles. The molecule has 0 radical (unpaired) electrons. The van der Waals surface area contributed by atoms with E-state index in [0.29, 0.717) is 19.1 Å². The first-order valence-electron chi connectivity index (χ1n) is 8.63. The van der Waals surface area contributed by atoms with Gasteiger partial charge in [0.25, 0.3) is 5.56 Å². The van der Waals surface area contributed by atoms with Crippen molar-refractivity contribution in [1.82, 2.24) is 9.55 Å². The van der Waals surface area contributed by atoms with E-state index in [1.165, 1.54) is 0 Å². The van der Waals surface area contributed by atoms with Crippen molar-refractivity contribution in [2.24, 2.45) is 5.92 Å². The molecule has 0 aliphatic carbocycles. The van der Waals surface area contributed by atoms with E-state index in [-0.39, 0.29) is 5.56 Å². The van der Waals surface area contributed by atoms with Crippen LogP contribution < -0.4 is 10.3 Å². The highest BCUT2D eigenvalue weighted by atomic mass is 16.5. The van der Waals surface area contributed by atoms with Crippen LogP contribution in [0.1, 0.15) is 30.8 Å². The molecule has 3 aromatic rings. The number of rotatable bonds is 5. The first-order chi connectivity index (χ1) is 11.9. The molecule has 2 aromatic heterocycles. The number of hydrogen-bond acceptors (Lipinski definition) is 3. The monoisotopic (exact) mass is 336 g/mol. The summed E-state index contributed by atoms with van der Waals surface area (Å²) in [4.78, 5) is 17.0. The lowest BCUT2D eigenvalue weighted by Crippen LogP contribution is -2.20. The van der Waals surface area contributed by atoms with E-state index >= 15 is 0 Å². The molecule has 0 unspecified atom stereocenters. The number of fused-ring (bicyclic) bond motifs is 1. The summed E-state index contributed by atoms with van der Waals surface area (Å²) in [6.45, 7) is 9.37. The van der Waals surface area contributed by atoms with Crippen molar-refractivity contribution in [3.63, 3.8) is 0 Å². The second kappa shape index (κ2) is 7.09. The third-order valence-electron chi connectivity index (χ3n) is 4.13. The number of aryl methyl sites for hydroxylation is 2. The van der Waals surface area contributed by atoms with Gasteiger partial charge in [-0.3, -0.25) is 9.78 Å². The fourth-order valence-electron chi connectivity index (χ4n) is 2.95. The van der Waals surface area contributed by atoms with E-state index in [1.54, 1.807) is 10.6 Å². The van der Waals surface area contributed by atoms with Gasteiger partial charge in [-0.05, 0) is 49.6 Å². The van der Waals surface area contributed by atoms with Gasteiger partial charge in [-0.1, -0.05) is 26.0 Å². The summed E-state index contributed by atoms with van der Waals surface area (Å²) in [6, 6.07) is 13.4. The standard InChI is InChI=1S/C21H24N2O2/c1-14(2)13-25-18-7-5-6-17(11-18)12-23-20-10-15(3)22-16(4)19(20)8-9-21(23)24/h5-11,14H,12-13H2,1-4H3. The van der Waals surface area contributed by atoms with Gasteiger partial charge in [-0.25, -0.2) is 0 Å². The second-order valence-electron chi connectivity index (χ2n) is 6.89. The Hall–Kier alpha value is -2.62. The maximum absolute atomic E-state index is 12.5. The Labute approximate surface area is 148 Å². The highest BCUT2D eigenvalue weighted by Crippen LogP contribution is 2.19. The Morgan fingerprint density at radius 3 is 2.68 bits per heavy atom. The van der Waals surface area contributed by atoms with E-state index in [2.05, 4.69) is 18.8 Å². The van der Waals surface area contributed by atoms with Crippen LogP contribution >= 0.6 is 0 Å². The van der Waals surface area contributed by atoms with Gasteiger partial charge in [0.15, 0.2) is 0 Å². The average molecular weight is 336 g/mol. The van der Waals surface area contributed by atoms with Crippen LogP contribution in [0.2, 0.25) is 0 Å². The molecule has 3 rings (SSSR count). The summed E-state index contributed by atoms with van der Waals surface area (Å²) in [5.74, 6) is 1.32. The molecule has 4 nitrogen and oxygen atoms in total. The smallest absolute Gasteiger partial charge is 0.251 e. The summed E-state index contributed by atoms with van der Waals surface area (Å²) in [7, 11) is 0. The highest BCUT2D eigenvalue weighted by molar-refractivity contribution is 5.81. The van der Waals surface area contributed by atoms with E-state index in [0.717, 1.165) is 33.6 Å². The van der Waals surface area contributed by atoms with Crippen molar-refractivity contribution < 1.29 is 4.74 Å². The van der Waals surface area contributed by atoms with Crippen molar-refractivity contribution in [3.8, 4) is 5.75 Å². The van der Waals surface area contributed by atoms with Crippen LogP contribution in [-0.2, 0) is 6.54 Å². The first kappa shape index (κ1) is 17.2. The van der Waals surface area contributed by atoms with Crippen molar-refractivity contribution in [2.75, 3.05) is 6.61 Å². The van der Waals surface area contributed by atoms with Gasteiger partial charge in [-0.2, -0.15) is 0 Å². The molecule has 0 saturated heterocycles. The zero-order chi connectivity index (χ0) is 18.0. The number of nitrogens with zero attached hydrogens (tertiary/aromatic N) is 2. The molecule has 0 bridgehead atoms. The molecule has 0 aliphatic rings. The molecular weight excluding hydrogens is 312 g/mol. The normalized spacial score (nSPS) is 11.2. The lowest BCUT2D eigenvalue weighted by molar-refractivity contribution is 0.271. The van der Waals surface area contributed by atoms with Gasteiger partial charge < -0.3 is 9.30 Å². The molecule has 25 heavy (non-hydrogen) atoms. The predicted molar refractivity (Wildman–Crippen MR) is 101 cm³/mol. The van der Waals surface area contributed by atoms with Gasteiger partial charge in [0.2, 0.25) is 0 Å². The Morgan fingerprint density at radius 2 is 1.92 bits per heavy atom. The van der Waals surface area contributed by atoms with Crippen LogP contribution in [0, 0.1) is 19.8 Å². The Kier molecular flexibility index (Phi) is 4.88. The Balaban J connectivity index is 1.99. The molecule has 0 amide bonds. The first-order valence-corrected chi connectivity index (χ1v) is 8.63. The minimum absolute atomic E-state index is 0.00833. The Morgan fingerprint density at radius 1 is 1.12 bits per heavy atom. The second-order valence-corrected chi connectivity index (χ2v) is 6.89. The van der Waals surface area contributed by atoms with Crippen LogP contribution in [0.3, 0.4) is 0 Å².